The Kier molecular flexibility index (Phi) is 2.01. The first-order chi connectivity index (χ1) is 5.57. The number of aliphatic hydroxyl groups excluding tert-OH is 3. The van der Waals surface area contributed by atoms with Crippen molar-refractivity contribution < 1.29 is 29.6 Å². The molecule has 0 unspecified atom stereocenters. The van der Waals surface area contributed by atoms with Gasteiger partial charge in [0.1, 0.15) is 0 Å². The summed E-state index contributed by atoms with van der Waals surface area (Å²) in [6, 6.07) is 0. The highest BCUT2D eigenvalue weighted by molar-refractivity contribution is 5.89. The minimum atomic E-state index is -1.65. The molecule has 0 aliphatic carbocycles. The van der Waals surface area contributed by atoms with E-state index in [0.29, 0.717) is 0 Å². The molecule has 0 fully saturated rings. The predicted molar refractivity (Wildman–Crippen MR) is 34.2 cm³/mol. The number of aliphatic hydroxyl groups is 3. The third kappa shape index (κ3) is 1.12. The molecular formula is C6H6O6. The van der Waals surface area contributed by atoms with Crippen molar-refractivity contribution >= 4 is 12.3 Å². The van der Waals surface area contributed by atoms with Gasteiger partial charge in [0.25, 0.3) is 0 Å². The second kappa shape index (κ2) is 2.82. The Labute approximate surface area is 66.7 Å². The highest BCUT2D eigenvalue weighted by atomic mass is 16.7. The van der Waals surface area contributed by atoms with Gasteiger partial charge >= 0.3 is 5.97 Å². The van der Waals surface area contributed by atoms with Crippen LogP contribution in [0, 0.1) is 0 Å². The lowest BCUT2D eigenvalue weighted by molar-refractivity contribution is -0.147. The summed E-state index contributed by atoms with van der Waals surface area (Å²) in [6.45, 7) is 0. The van der Waals surface area contributed by atoms with Crippen LogP contribution in [0.15, 0.2) is 11.5 Å². The van der Waals surface area contributed by atoms with Crippen molar-refractivity contribution in [2.75, 3.05) is 0 Å². The molecule has 0 aromatic heterocycles. The van der Waals surface area contributed by atoms with E-state index in [4.69, 9.17) is 15.3 Å². The molecule has 0 radical (unpaired) electrons. The maximum absolute atomic E-state index is 10.5. The molecule has 2 atom stereocenters. The Hall–Kier alpha value is -1.56. The maximum Gasteiger partial charge on any atom is 0.378 e. The fraction of sp³-hybridized carbons (Fsp3) is 0.333. The zero-order valence-electron chi connectivity index (χ0n) is 5.80. The summed E-state index contributed by atoms with van der Waals surface area (Å²) in [7, 11) is 0. The lowest BCUT2D eigenvalue weighted by atomic mass is 10.2. The molecule has 0 bridgehead atoms. The second-order valence-corrected chi connectivity index (χ2v) is 2.19. The lowest BCUT2D eigenvalue weighted by Crippen LogP contribution is -2.29. The molecule has 0 spiro atoms. The monoisotopic (exact) mass is 175 g/mol. The molecule has 6 heteroatoms. The molecule has 6 nitrogen and oxygen atoms in total. The van der Waals surface area contributed by atoms with E-state index in [0.717, 1.165) is 0 Å². The lowest BCUT2D eigenvalue weighted by Gasteiger charge is -2.10. The van der Waals surface area contributed by atoms with E-state index in [1.165, 1.54) is 0 Å². The zero-order chi connectivity index (χ0) is 9.30. The molecule has 1 aliphatic heterocycles. The zero-order valence-corrected chi connectivity index (χ0v) is 5.80. The molecule has 1 rings (SSSR count). The van der Waals surface area contributed by atoms with Gasteiger partial charge in [-0.15, -0.1) is 0 Å². The predicted octanol–water partition coefficient (Wildman–Crippen LogP) is -1.20. The standard InChI is InChI=1S/C6H6O6/c7-1-2(8)5-3(9)4(10)6(11)12-5/h1-2,5,8-10H/t2-,5+/m0/s1/i6+1. The maximum atomic E-state index is 10.5. The summed E-state index contributed by atoms with van der Waals surface area (Å²) < 4.78 is 4.24. The largest absolute Gasteiger partial charge is 0.505 e. The molecule has 0 amide bonds. The van der Waals surface area contributed by atoms with Crippen LogP contribution in [0.5, 0.6) is 0 Å². The number of aldehydes is 1. The van der Waals surface area contributed by atoms with E-state index in [-0.39, 0.29) is 6.29 Å². The fourth-order valence-electron chi connectivity index (χ4n) is 0.769. The van der Waals surface area contributed by atoms with Crippen molar-refractivity contribution in [3.63, 3.8) is 0 Å². The molecule has 0 aromatic rings. The topological polar surface area (TPSA) is 104 Å². The fourth-order valence-corrected chi connectivity index (χ4v) is 0.769. The van der Waals surface area contributed by atoms with Crippen LogP contribution in [0.25, 0.3) is 0 Å². The Bertz CT molecular complexity index is 255. The van der Waals surface area contributed by atoms with Crippen molar-refractivity contribution in [3.8, 4) is 0 Å². The number of ether oxygens (including phenoxy) is 1. The minimum absolute atomic E-state index is 0.0900. The average molecular weight is 175 g/mol. The first kappa shape index (κ1) is 8.54. The van der Waals surface area contributed by atoms with Gasteiger partial charge in [0.2, 0.25) is 5.76 Å². The number of hydrogen-bond acceptors (Lipinski definition) is 6. The molecule has 0 aromatic carbocycles. The number of cyclic esters (lactones) is 1. The molecule has 0 saturated heterocycles. The van der Waals surface area contributed by atoms with Crippen molar-refractivity contribution in [3.05, 3.63) is 11.5 Å². The summed E-state index contributed by atoms with van der Waals surface area (Å²) >= 11 is 0. The third-order valence-corrected chi connectivity index (χ3v) is 1.39. The molecule has 0 saturated carbocycles. The van der Waals surface area contributed by atoms with E-state index in [1.54, 1.807) is 0 Å². The van der Waals surface area contributed by atoms with Crippen LogP contribution in [0.2, 0.25) is 0 Å². The van der Waals surface area contributed by atoms with E-state index in [2.05, 4.69) is 4.74 Å². The number of rotatable bonds is 2. The van der Waals surface area contributed by atoms with E-state index in [1.807, 2.05) is 0 Å². The van der Waals surface area contributed by atoms with Crippen molar-refractivity contribution in [1.82, 2.24) is 0 Å². The number of esters is 1. The third-order valence-electron chi connectivity index (χ3n) is 1.39. The van der Waals surface area contributed by atoms with Crippen LogP contribution >= 0.6 is 0 Å². The van der Waals surface area contributed by atoms with Gasteiger partial charge in [0.05, 0.1) is 0 Å². The van der Waals surface area contributed by atoms with Crippen molar-refractivity contribution in [2.24, 2.45) is 0 Å². The van der Waals surface area contributed by atoms with Crippen LogP contribution in [0.3, 0.4) is 0 Å². The Balaban J connectivity index is 2.86. The quantitative estimate of drug-likeness (QED) is 0.276. The smallest absolute Gasteiger partial charge is 0.378 e. The Morgan fingerprint density at radius 3 is 2.42 bits per heavy atom. The Morgan fingerprint density at radius 1 is 1.50 bits per heavy atom. The summed E-state index contributed by atoms with van der Waals surface area (Å²) in [5.41, 5.74) is 0. The summed E-state index contributed by atoms with van der Waals surface area (Å²) in [5.74, 6) is -2.95. The molecule has 3 N–H and O–H groups in total. The van der Waals surface area contributed by atoms with Crippen LogP contribution in [-0.2, 0) is 14.3 Å². The normalized spacial score (nSPS) is 25.4. The van der Waals surface area contributed by atoms with E-state index >= 15 is 0 Å². The van der Waals surface area contributed by atoms with E-state index in [9.17, 15) is 9.59 Å². The molecule has 12 heavy (non-hydrogen) atoms. The molecule has 1 aliphatic rings. The van der Waals surface area contributed by atoms with E-state index < -0.39 is 29.7 Å². The summed E-state index contributed by atoms with van der Waals surface area (Å²) in [6.07, 6.45) is -3.04. The molecule has 66 valence electrons. The average Bonchev–Trinajstić information content (AvgIpc) is 2.32. The van der Waals surface area contributed by atoms with Crippen molar-refractivity contribution in [1.29, 1.82) is 0 Å². The van der Waals surface area contributed by atoms with Crippen LogP contribution in [0.4, 0.5) is 0 Å². The minimum Gasteiger partial charge on any atom is -0.505 e. The number of hydrogen-bond donors (Lipinski definition) is 3. The number of carbonyl (C=O) groups excluding carboxylic acids is 2. The van der Waals surface area contributed by atoms with Crippen LogP contribution in [0.1, 0.15) is 0 Å². The first-order valence-electron chi connectivity index (χ1n) is 3.04. The molecular weight excluding hydrogens is 169 g/mol. The van der Waals surface area contributed by atoms with Gasteiger partial charge in [-0.05, 0) is 0 Å². The Morgan fingerprint density at radius 2 is 2.08 bits per heavy atom. The van der Waals surface area contributed by atoms with Gasteiger partial charge in [-0.3, -0.25) is 0 Å². The highest BCUT2D eigenvalue weighted by Gasteiger charge is 2.38. The number of carbonyl (C=O) groups is 2. The van der Waals surface area contributed by atoms with Gasteiger partial charge in [-0.2, -0.15) is 0 Å². The first-order valence-corrected chi connectivity index (χ1v) is 3.04. The summed E-state index contributed by atoms with van der Waals surface area (Å²) in [5, 5.41) is 26.4. The van der Waals surface area contributed by atoms with Gasteiger partial charge in [0.15, 0.2) is 24.3 Å². The van der Waals surface area contributed by atoms with Crippen molar-refractivity contribution in [2.45, 2.75) is 12.2 Å². The van der Waals surface area contributed by atoms with Gasteiger partial charge in [-0.25, -0.2) is 4.79 Å². The summed E-state index contributed by atoms with van der Waals surface area (Å²) in [4.78, 5) is 20.5. The van der Waals surface area contributed by atoms with Crippen LogP contribution in [-0.4, -0.2) is 39.8 Å². The highest BCUT2D eigenvalue weighted by Crippen LogP contribution is 2.20. The second-order valence-electron chi connectivity index (χ2n) is 2.19. The SMILES string of the molecule is O=C[C@H](O)[C@H]1O[13C](=O)C(O)=C1O. The van der Waals surface area contributed by atoms with Gasteiger partial charge < -0.3 is 24.9 Å². The molecule has 1 heterocycles. The van der Waals surface area contributed by atoms with Gasteiger partial charge in [0, 0.05) is 0 Å². The van der Waals surface area contributed by atoms with Gasteiger partial charge in [-0.1, -0.05) is 0 Å². The van der Waals surface area contributed by atoms with Crippen LogP contribution < -0.4 is 0 Å².